The maximum atomic E-state index is 2.68. The van der Waals surface area contributed by atoms with E-state index in [0.29, 0.717) is 0 Å². The Bertz CT molecular complexity index is 4940. The van der Waals surface area contributed by atoms with Crippen molar-refractivity contribution in [3.05, 3.63) is 303 Å². The summed E-state index contributed by atoms with van der Waals surface area (Å²) in [7, 11) is 0. The number of nitrogens with zero attached hydrogens (tertiary/aromatic N) is 3. The molecule has 0 unspecified atom stereocenters. The third kappa shape index (κ3) is 7.05. The van der Waals surface area contributed by atoms with E-state index in [0.717, 1.165) is 50.6 Å². The zero-order valence-corrected chi connectivity index (χ0v) is 44.8. The Morgan fingerprint density at radius 3 is 1.32 bits per heavy atom. The number of rotatable bonds is 8. The highest BCUT2D eigenvalue weighted by Gasteiger charge is 2.45. The van der Waals surface area contributed by atoms with Crippen LogP contribution in [0.1, 0.15) is 0 Å². The molecule has 82 heavy (non-hydrogen) atoms. The van der Waals surface area contributed by atoms with E-state index in [1.165, 1.54) is 105 Å². The lowest BCUT2D eigenvalue weighted by molar-refractivity contribution is 1.17. The molecule has 0 saturated heterocycles. The van der Waals surface area contributed by atoms with Gasteiger partial charge in [0.25, 0.3) is 6.71 Å². The first kappa shape index (κ1) is 46.3. The molecular weight excluding hydrogens is 990 g/mol. The Kier molecular flexibility index (Phi) is 10.4. The Labute approximate surface area is 476 Å². The average Bonchev–Trinajstić information content (AvgIpc) is 1.57. The largest absolute Gasteiger partial charge is 0.310 e. The summed E-state index contributed by atoms with van der Waals surface area (Å²) in [5, 5.41) is 4.89. The van der Waals surface area contributed by atoms with E-state index >= 15 is 0 Å². The van der Waals surface area contributed by atoms with Crippen molar-refractivity contribution in [3.63, 3.8) is 0 Å². The quantitative estimate of drug-likeness (QED) is 0.138. The standard InChI is InChI=1S/C78H50BN3/c1-8-23-51(24-9-1)57-40-44-69-66(45-57)67-49-72-68(50-71(67)80(69)60-35-20-7-21-36-60)79-75-61(54-29-14-4-15-30-54)42-43-65-64-41-39-58(52-25-10-2-11-26-52)46-70(64)81(78(65)75)73-47-59(53-27-12-3-13-28-53)48-74(76(73)79)82(72)77-62(55-31-16-5-17-32-55)37-22-38-63(77)56-33-18-6-19-34-56/h1-50H. The van der Waals surface area contributed by atoms with Crippen LogP contribution in [0.4, 0.5) is 17.1 Å². The van der Waals surface area contributed by atoms with Gasteiger partial charge in [0.05, 0.1) is 22.2 Å². The predicted molar refractivity (Wildman–Crippen MR) is 347 cm³/mol. The van der Waals surface area contributed by atoms with Gasteiger partial charge in [0.15, 0.2) is 0 Å². The lowest BCUT2D eigenvalue weighted by Crippen LogP contribution is -2.61. The molecule has 0 saturated carbocycles. The zero-order valence-electron chi connectivity index (χ0n) is 44.8. The van der Waals surface area contributed by atoms with E-state index in [9.17, 15) is 0 Å². The molecule has 3 nitrogen and oxygen atoms in total. The SMILES string of the molecule is c1ccc(-c2cc3c4c(c2)-n2c5cc(-c6ccccc6)ccc5c5ccc(-c6ccccc6)c(c52)B4c2cc4c(cc2N3c2c(-c3ccccc3)cccc2-c2ccccc2)c2cc(-c3ccccc3)ccc2n4-c2ccccc2)cc1. The first-order valence-electron chi connectivity index (χ1n) is 28.4. The molecule has 17 rings (SSSR count). The van der Waals surface area contributed by atoms with Crippen LogP contribution in [0.5, 0.6) is 0 Å². The number of para-hydroxylation sites is 2. The second kappa shape index (κ2) is 18.5. The van der Waals surface area contributed by atoms with Crippen LogP contribution >= 0.6 is 0 Å². The van der Waals surface area contributed by atoms with E-state index in [1.54, 1.807) is 0 Å². The molecule has 0 radical (unpaired) electrons. The van der Waals surface area contributed by atoms with Crippen LogP contribution in [-0.2, 0) is 0 Å². The van der Waals surface area contributed by atoms with Crippen molar-refractivity contribution in [3.8, 4) is 78.1 Å². The topological polar surface area (TPSA) is 13.1 Å². The third-order valence-electron chi connectivity index (χ3n) is 17.5. The molecule has 13 aromatic carbocycles. The average molecular weight is 1040 g/mol. The molecule has 0 N–H and O–H groups in total. The van der Waals surface area contributed by atoms with Gasteiger partial charge in [-0.3, -0.25) is 0 Å². The third-order valence-corrected chi connectivity index (χ3v) is 17.5. The molecule has 2 aromatic heterocycles. The van der Waals surface area contributed by atoms with Crippen LogP contribution in [0.25, 0.3) is 122 Å². The summed E-state index contributed by atoms with van der Waals surface area (Å²) in [6.45, 7) is -0.194. The number of aromatic nitrogens is 2. The second-order valence-electron chi connectivity index (χ2n) is 21.9. The molecule has 4 heterocycles. The molecule has 2 aliphatic heterocycles. The summed E-state index contributed by atoms with van der Waals surface area (Å²) >= 11 is 0. The van der Waals surface area contributed by atoms with Crippen molar-refractivity contribution in [1.82, 2.24) is 9.13 Å². The fraction of sp³-hybridized carbons (Fsp3) is 0. The van der Waals surface area contributed by atoms with Crippen LogP contribution in [0.2, 0.25) is 0 Å². The summed E-state index contributed by atoms with van der Waals surface area (Å²) in [6.07, 6.45) is 0. The fourth-order valence-corrected chi connectivity index (χ4v) is 13.9. The molecule has 0 aliphatic carbocycles. The van der Waals surface area contributed by atoms with Crippen molar-refractivity contribution in [2.24, 2.45) is 0 Å². The summed E-state index contributed by atoms with van der Waals surface area (Å²) in [5.41, 5.74) is 28.6. The molecule has 4 heteroatoms. The minimum Gasteiger partial charge on any atom is -0.310 e. The monoisotopic (exact) mass is 1040 g/mol. The number of anilines is 3. The maximum absolute atomic E-state index is 2.68. The smallest absolute Gasteiger partial charge is 0.253 e. The van der Waals surface area contributed by atoms with E-state index in [4.69, 9.17) is 0 Å². The zero-order chi connectivity index (χ0) is 53.8. The Morgan fingerprint density at radius 2 is 0.720 bits per heavy atom. The maximum Gasteiger partial charge on any atom is 0.253 e. The first-order chi connectivity index (χ1) is 40.7. The molecular formula is C78H50BN3. The van der Waals surface area contributed by atoms with Crippen LogP contribution in [-0.4, -0.2) is 15.8 Å². The van der Waals surface area contributed by atoms with Gasteiger partial charge in [-0.25, -0.2) is 0 Å². The predicted octanol–water partition coefficient (Wildman–Crippen LogP) is 18.5. The van der Waals surface area contributed by atoms with Crippen LogP contribution in [0, 0.1) is 0 Å². The molecule has 0 fully saturated rings. The second-order valence-corrected chi connectivity index (χ2v) is 21.9. The van der Waals surface area contributed by atoms with Gasteiger partial charge < -0.3 is 14.0 Å². The van der Waals surface area contributed by atoms with Gasteiger partial charge in [0.2, 0.25) is 0 Å². The van der Waals surface area contributed by atoms with Crippen molar-refractivity contribution < 1.29 is 0 Å². The molecule has 0 amide bonds. The number of benzene rings is 13. The number of fused-ring (bicyclic) bond motifs is 10. The van der Waals surface area contributed by atoms with Crippen molar-refractivity contribution >= 4 is 83.8 Å². The molecule has 0 spiro atoms. The van der Waals surface area contributed by atoms with E-state index in [2.05, 4.69) is 317 Å². The van der Waals surface area contributed by atoms with E-state index in [1.807, 2.05) is 0 Å². The van der Waals surface area contributed by atoms with Gasteiger partial charge in [-0.05, 0) is 127 Å². The summed E-state index contributed by atoms with van der Waals surface area (Å²) in [5.74, 6) is 0. The van der Waals surface area contributed by atoms with Gasteiger partial charge >= 0.3 is 0 Å². The van der Waals surface area contributed by atoms with Gasteiger partial charge in [-0.2, -0.15) is 0 Å². The Balaban J connectivity index is 1.09. The highest BCUT2D eigenvalue weighted by atomic mass is 15.2. The lowest BCUT2D eigenvalue weighted by atomic mass is 9.33. The lowest BCUT2D eigenvalue weighted by Gasteiger charge is -2.42. The molecule has 0 atom stereocenters. The minimum atomic E-state index is -0.194. The highest BCUT2D eigenvalue weighted by Crippen LogP contribution is 2.51. The summed E-state index contributed by atoms with van der Waals surface area (Å²) in [6, 6.07) is 113. The van der Waals surface area contributed by atoms with Crippen molar-refractivity contribution in [2.45, 2.75) is 0 Å². The van der Waals surface area contributed by atoms with Gasteiger partial charge in [-0.15, -0.1) is 0 Å². The van der Waals surface area contributed by atoms with Gasteiger partial charge in [0, 0.05) is 60.9 Å². The highest BCUT2D eigenvalue weighted by molar-refractivity contribution is 7.01. The first-order valence-corrected chi connectivity index (χ1v) is 28.4. The van der Waals surface area contributed by atoms with Gasteiger partial charge in [0.1, 0.15) is 0 Å². The molecule has 15 aromatic rings. The molecule has 380 valence electrons. The molecule has 0 bridgehead atoms. The summed E-state index contributed by atoms with van der Waals surface area (Å²) in [4.78, 5) is 2.68. The van der Waals surface area contributed by atoms with Crippen molar-refractivity contribution in [2.75, 3.05) is 4.90 Å². The van der Waals surface area contributed by atoms with Crippen LogP contribution in [0.15, 0.2) is 303 Å². The van der Waals surface area contributed by atoms with Crippen LogP contribution in [0.3, 0.4) is 0 Å². The van der Waals surface area contributed by atoms with Crippen LogP contribution < -0.4 is 21.3 Å². The number of hydrogen-bond acceptors (Lipinski definition) is 1. The number of hydrogen-bond donors (Lipinski definition) is 0. The van der Waals surface area contributed by atoms with E-state index < -0.39 is 0 Å². The van der Waals surface area contributed by atoms with Crippen molar-refractivity contribution in [1.29, 1.82) is 0 Å². The Morgan fingerprint density at radius 1 is 0.244 bits per heavy atom. The summed E-state index contributed by atoms with van der Waals surface area (Å²) < 4.78 is 5.16. The Hall–Kier alpha value is -10.7. The fourth-order valence-electron chi connectivity index (χ4n) is 13.9. The minimum absolute atomic E-state index is 0.194. The van der Waals surface area contributed by atoms with Gasteiger partial charge in [-0.1, -0.05) is 249 Å². The normalized spacial score (nSPS) is 12.3. The van der Waals surface area contributed by atoms with E-state index in [-0.39, 0.29) is 6.71 Å². The molecule has 2 aliphatic rings.